The van der Waals surface area contributed by atoms with E-state index in [-0.39, 0.29) is 18.2 Å². The molecule has 3 rings (SSSR count). The highest BCUT2D eigenvalue weighted by molar-refractivity contribution is 5.99. The predicted molar refractivity (Wildman–Crippen MR) is 89.5 cm³/mol. The molecule has 3 N–H and O–H groups in total. The van der Waals surface area contributed by atoms with Gasteiger partial charge in [-0.15, -0.1) is 0 Å². The summed E-state index contributed by atoms with van der Waals surface area (Å²) in [5.74, 6) is 0. The number of hydrogen-bond acceptors (Lipinski definition) is 4. The number of anilines is 1. The van der Waals surface area contributed by atoms with Gasteiger partial charge in [0.15, 0.2) is 0 Å². The van der Waals surface area contributed by atoms with Crippen LogP contribution in [0.5, 0.6) is 0 Å². The van der Waals surface area contributed by atoms with Crippen LogP contribution < -0.4 is 10.6 Å². The van der Waals surface area contributed by atoms with Gasteiger partial charge in [0, 0.05) is 31.6 Å². The summed E-state index contributed by atoms with van der Waals surface area (Å²) in [4.78, 5) is 14.6. The maximum atomic E-state index is 12.3. The number of benzene rings is 1. The van der Waals surface area contributed by atoms with E-state index in [2.05, 4.69) is 39.6 Å². The van der Waals surface area contributed by atoms with Crippen molar-refractivity contribution in [1.82, 2.24) is 20.4 Å². The molecule has 0 saturated carbocycles. The molecule has 1 aliphatic rings. The summed E-state index contributed by atoms with van der Waals surface area (Å²) in [5, 5.41) is 13.8. The van der Waals surface area contributed by atoms with Gasteiger partial charge in [0.25, 0.3) is 0 Å². The Hall–Kier alpha value is -2.12. The van der Waals surface area contributed by atoms with E-state index in [0.29, 0.717) is 11.7 Å². The Labute approximate surface area is 135 Å². The largest absolute Gasteiger partial charge is 0.378 e. The highest BCUT2D eigenvalue weighted by Crippen LogP contribution is 2.21. The van der Waals surface area contributed by atoms with Gasteiger partial charge in [0.05, 0.1) is 29.5 Å². The molecule has 124 valence electrons. The highest BCUT2D eigenvalue weighted by Gasteiger charge is 2.34. The number of hydrogen-bond donors (Lipinski definition) is 3. The summed E-state index contributed by atoms with van der Waals surface area (Å²) in [7, 11) is 1.69. The van der Waals surface area contributed by atoms with Crippen molar-refractivity contribution in [3.63, 3.8) is 0 Å². The van der Waals surface area contributed by atoms with Crippen LogP contribution in [-0.2, 0) is 4.74 Å². The van der Waals surface area contributed by atoms with Crippen molar-refractivity contribution in [2.45, 2.75) is 32.0 Å². The number of fused-ring (bicyclic) bond motifs is 1. The number of amides is 2. The summed E-state index contributed by atoms with van der Waals surface area (Å²) in [6, 6.07) is 5.86. The molecule has 0 bridgehead atoms. The molecule has 2 amide bonds. The van der Waals surface area contributed by atoms with Crippen LogP contribution in [0.4, 0.5) is 10.5 Å². The Kier molecular flexibility index (Phi) is 4.49. The van der Waals surface area contributed by atoms with Crippen LogP contribution in [0.2, 0.25) is 0 Å². The molecule has 2 heterocycles. The maximum absolute atomic E-state index is 12.3. The van der Waals surface area contributed by atoms with Crippen LogP contribution in [0.25, 0.3) is 10.9 Å². The minimum Gasteiger partial charge on any atom is -0.378 e. The molecule has 0 radical (unpaired) electrons. The number of nitrogens with zero attached hydrogens (tertiary/aromatic N) is 2. The minimum atomic E-state index is -0.232. The maximum Gasteiger partial charge on any atom is 0.319 e. The third-order valence-electron chi connectivity index (χ3n) is 4.37. The van der Waals surface area contributed by atoms with Crippen molar-refractivity contribution < 1.29 is 9.53 Å². The van der Waals surface area contributed by atoms with Crippen molar-refractivity contribution in [2.75, 3.05) is 25.5 Å². The lowest BCUT2D eigenvalue weighted by molar-refractivity contribution is 0.0896. The van der Waals surface area contributed by atoms with Crippen LogP contribution in [0.15, 0.2) is 24.4 Å². The zero-order valence-corrected chi connectivity index (χ0v) is 13.7. The fourth-order valence-corrected chi connectivity index (χ4v) is 3.00. The van der Waals surface area contributed by atoms with Crippen LogP contribution in [0.3, 0.4) is 0 Å². The summed E-state index contributed by atoms with van der Waals surface area (Å²) >= 11 is 0. The monoisotopic (exact) mass is 317 g/mol. The van der Waals surface area contributed by atoms with Crippen LogP contribution in [0.1, 0.15) is 13.8 Å². The molecule has 0 spiro atoms. The smallest absolute Gasteiger partial charge is 0.319 e. The molecular formula is C16H23N5O2. The van der Waals surface area contributed by atoms with Crippen molar-refractivity contribution in [1.29, 1.82) is 0 Å². The van der Waals surface area contributed by atoms with Gasteiger partial charge in [-0.25, -0.2) is 4.79 Å². The molecule has 1 aromatic carbocycles. The molecule has 1 aliphatic heterocycles. The Morgan fingerprint density at radius 1 is 1.43 bits per heavy atom. The number of carbonyl (C=O) groups excluding carboxylic acids is 1. The van der Waals surface area contributed by atoms with E-state index in [9.17, 15) is 4.79 Å². The molecular weight excluding hydrogens is 294 g/mol. The zero-order valence-electron chi connectivity index (χ0n) is 13.7. The second-order valence-corrected chi connectivity index (χ2v) is 6.17. The summed E-state index contributed by atoms with van der Waals surface area (Å²) in [5.41, 5.74) is 1.53. The first-order valence-electron chi connectivity index (χ1n) is 7.85. The summed E-state index contributed by atoms with van der Waals surface area (Å²) in [6.07, 6.45) is 1.74. The van der Waals surface area contributed by atoms with Crippen LogP contribution >= 0.6 is 0 Å². The number of aromatic nitrogens is 2. The molecule has 1 aromatic heterocycles. The lowest BCUT2D eigenvalue weighted by Crippen LogP contribution is -2.45. The first-order chi connectivity index (χ1) is 11.1. The summed E-state index contributed by atoms with van der Waals surface area (Å²) in [6.45, 7) is 5.91. The second-order valence-electron chi connectivity index (χ2n) is 6.17. The first-order valence-corrected chi connectivity index (χ1v) is 7.85. The average molecular weight is 317 g/mol. The zero-order chi connectivity index (χ0) is 16.4. The predicted octanol–water partition coefficient (Wildman–Crippen LogP) is 1.79. The van der Waals surface area contributed by atoms with Gasteiger partial charge in [-0.1, -0.05) is 12.1 Å². The number of rotatable bonds is 4. The van der Waals surface area contributed by atoms with Crippen molar-refractivity contribution in [2.24, 2.45) is 0 Å². The Balaban J connectivity index is 1.66. The van der Waals surface area contributed by atoms with E-state index in [1.807, 2.05) is 18.2 Å². The van der Waals surface area contributed by atoms with E-state index >= 15 is 0 Å². The van der Waals surface area contributed by atoms with E-state index in [1.54, 1.807) is 13.3 Å². The highest BCUT2D eigenvalue weighted by atomic mass is 16.5. The van der Waals surface area contributed by atoms with E-state index in [1.165, 1.54) is 0 Å². The second kappa shape index (κ2) is 6.55. The standard InChI is InChI=1S/C16H23N5O2/c1-10(2)21-8-13(14(9-21)23-3)19-16(22)18-12-6-4-5-11-7-17-20-15(11)12/h4-7,10,13-14H,8-9H2,1-3H3,(H,17,20)(H2,18,19,22). The fourth-order valence-electron chi connectivity index (χ4n) is 3.00. The van der Waals surface area contributed by atoms with Gasteiger partial charge in [-0.2, -0.15) is 5.10 Å². The SMILES string of the molecule is COC1CN(C(C)C)CC1NC(=O)Nc1cccc2cn[nH]c12. The first kappa shape index (κ1) is 15.8. The molecule has 1 saturated heterocycles. The fraction of sp³-hybridized carbons (Fsp3) is 0.500. The average Bonchev–Trinajstić information content (AvgIpc) is 3.14. The van der Waals surface area contributed by atoms with Crippen LogP contribution in [-0.4, -0.2) is 59.5 Å². The van der Waals surface area contributed by atoms with Gasteiger partial charge in [-0.05, 0) is 19.9 Å². The van der Waals surface area contributed by atoms with E-state index < -0.39 is 0 Å². The van der Waals surface area contributed by atoms with E-state index in [4.69, 9.17) is 4.74 Å². The normalized spacial score (nSPS) is 21.9. The molecule has 2 unspecified atom stereocenters. The van der Waals surface area contributed by atoms with Crippen LogP contribution in [0, 0.1) is 0 Å². The number of urea groups is 1. The van der Waals surface area contributed by atoms with Crippen molar-refractivity contribution >= 4 is 22.6 Å². The topological polar surface area (TPSA) is 82.3 Å². The number of methoxy groups -OCH3 is 1. The number of H-pyrrole nitrogens is 1. The third-order valence-corrected chi connectivity index (χ3v) is 4.37. The van der Waals surface area contributed by atoms with Gasteiger partial charge in [0.1, 0.15) is 0 Å². The number of carbonyl (C=O) groups is 1. The quantitative estimate of drug-likeness (QED) is 0.803. The van der Waals surface area contributed by atoms with Crippen molar-refractivity contribution in [3.8, 4) is 0 Å². The number of para-hydroxylation sites is 1. The third kappa shape index (κ3) is 3.30. The number of likely N-dealkylation sites (tertiary alicyclic amines) is 1. The van der Waals surface area contributed by atoms with Gasteiger partial charge >= 0.3 is 6.03 Å². The molecule has 1 fully saturated rings. The molecule has 2 aromatic rings. The molecule has 7 nitrogen and oxygen atoms in total. The molecule has 2 atom stereocenters. The van der Waals surface area contributed by atoms with Crippen molar-refractivity contribution in [3.05, 3.63) is 24.4 Å². The lowest BCUT2D eigenvalue weighted by Gasteiger charge is -2.20. The lowest BCUT2D eigenvalue weighted by atomic mass is 10.2. The Morgan fingerprint density at radius 3 is 3.00 bits per heavy atom. The Morgan fingerprint density at radius 2 is 2.26 bits per heavy atom. The minimum absolute atomic E-state index is 0.00565. The molecule has 7 heteroatoms. The van der Waals surface area contributed by atoms with Gasteiger partial charge in [0.2, 0.25) is 0 Å². The molecule has 23 heavy (non-hydrogen) atoms. The number of aromatic amines is 1. The molecule has 0 aliphatic carbocycles. The summed E-state index contributed by atoms with van der Waals surface area (Å²) < 4.78 is 5.51. The Bertz CT molecular complexity index is 684. The van der Waals surface area contributed by atoms with Gasteiger partial charge < -0.3 is 15.4 Å². The number of ether oxygens (including phenoxy) is 1. The number of nitrogens with one attached hydrogen (secondary N) is 3. The van der Waals surface area contributed by atoms with Gasteiger partial charge in [-0.3, -0.25) is 10.00 Å². The van der Waals surface area contributed by atoms with E-state index in [0.717, 1.165) is 24.0 Å².